The zero-order chi connectivity index (χ0) is 28.2. The predicted molar refractivity (Wildman–Crippen MR) is 155 cm³/mol. The maximum atomic E-state index is 10.9. The van der Waals surface area contributed by atoms with Gasteiger partial charge in [-0.15, -0.1) is 0 Å². The molecule has 1 N–H and O–H groups in total. The Morgan fingerprint density at radius 1 is 0.718 bits per heavy atom. The molecule has 4 rings (SSSR count). The maximum absolute atomic E-state index is 10.9. The van der Waals surface area contributed by atoms with E-state index in [0.29, 0.717) is 34.4 Å². The van der Waals surface area contributed by atoms with Crippen molar-refractivity contribution in [3.63, 3.8) is 0 Å². The lowest BCUT2D eigenvalue weighted by Crippen LogP contribution is -1.99. The van der Waals surface area contributed by atoms with Gasteiger partial charge in [0, 0.05) is 21.4 Å². The summed E-state index contributed by atoms with van der Waals surface area (Å²) >= 11 is 6.75. The van der Waals surface area contributed by atoms with Crippen molar-refractivity contribution < 1.29 is 24.1 Å². The zero-order valence-corrected chi connectivity index (χ0v) is 23.9. The van der Waals surface area contributed by atoms with Crippen molar-refractivity contribution in [2.45, 2.75) is 20.1 Å². The van der Waals surface area contributed by atoms with Crippen LogP contribution in [0.25, 0.3) is 9.69 Å². The van der Waals surface area contributed by atoms with Crippen molar-refractivity contribution in [1.82, 2.24) is 0 Å². The Morgan fingerprint density at radius 3 is 1.54 bits per heavy atom. The van der Waals surface area contributed by atoms with Crippen LogP contribution >= 0.6 is 31.9 Å². The summed E-state index contributed by atoms with van der Waals surface area (Å²) in [6.45, 7) is 15.3. The van der Waals surface area contributed by atoms with Gasteiger partial charge in [0.05, 0.1) is 19.8 Å². The largest absolute Gasteiger partial charge is 0.461 e. The van der Waals surface area contributed by atoms with Gasteiger partial charge in [0.1, 0.15) is 29.6 Å². The molecule has 0 bridgehead atoms. The van der Waals surface area contributed by atoms with Crippen LogP contribution in [0.4, 0.5) is 11.4 Å². The highest BCUT2D eigenvalue weighted by atomic mass is 79.9. The number of ether oxygens (including phenoxy) is 3. The van der Waals surface area contributed by atoms with Gasteiger partial charge in [-0.1, -0.05) is 56.1 Å². The van der Waals surface area contributed by atoms with E-state index in [1.54, 1.807) is 60.7 Å². The van der Waals surface area contributed by atoms with Gasteiger partial charge in [-0.2, -0.15) is 0 Å². The first-order valence-corrected chi connectivity index (χ1v) is 13.0. The lowest BCUT2D eigenvalue weighted by atomic mass is 10.2. The summed E-state index contributed by atoms with van der Waals surface area (Å²) in [4.78, 5) is 17.5. The minimum absolute atomic E-state index is 0.0472. The number of hydrogen-bond acceptors (Lipinski definition) is 5. The number of benzene rings is 4. The van der Waals surface area contributed by atoms with Gasteiger partial charge >= 0.3 is 5.97 Å². The summed E-state index contributed by atoms with van der Waals surface area (Å²) in [7, 11) is 0. The van der Waals surface area contributed by atoms with Gasteiger partial charge in [-0.3, -0.25) is 4.79 Å². The van der Waals surface area contributed by atoms with Crippen LogP contribution < -0.4 is 9.47 Å². The molecule has 0 heterocycles. The average molecular weight is 650 g/mol. The Bertz CT molecular complexity index is 1510. The number of aliphatic hydroxyl groups is 1. The molecule has 0 amide bonds. The molecule has 4 aromatic carbocycles. The van der Waals surface area contributed by atoms with Gasteiger partial charge in [0.15, 0.2) is 11.4 Å². The SMILES string of the molecule is [C-]#[N+]c1ccc(Oc2ccc(Br)c(CO)c2)cc1.[C-]#[N+]c1ccc(Oc2ccc(Br)c(COC(C)=O)c2)cc1. The quantitative estimate of drug-likeness (QED) is 0.160. The summed E-state index contributed by atoms with van der Waals surface area (Å²) in [5, 5.41) is 9.16. The first-order valence-electron chi connectivity index (χ1n) is 11.4. The summed E-state index contributed by atoms with van der Waals surface area (Å²) in [5.41, 5.74) is 2.73. The molecule has 0 unspecified atom stereocenters. The van der Waals surface area contributed by atoms with E-state index in [9.17, 15) is 4.79 Å². The number of rotatable bonds is 7. The van der Waals surface area contributed by atoms with Gasteiger partial charge in [0.2, 0.25) is 0 Å². The highest BCUT2D eigenvalue weighted by Crippen LogP contribution is 2.29. The molecule has 0 saturated carbocycles. The molecule has 7 nitrogen and oxygen atoms in total. The third-order valence-electron chi connectivity index (χ3n) is 5.04. The van der Waals surface area contributed by atoms with Crippen molar-refractivity contribution in [2.24, 2.45) is 0 Å². The van der Waals surface area contributed by atoms with E-state index >= 15 is 0 Å². The summed E-state index contributed by atoms with van der Waals surface area (Å²) in [6, 6.07) is 24.6. The fourth-order valence-electron chi connectivity index (χ4n) is 3.09. The van der Waals surface area contributed by atoms with Gasteiger partial charge in [-0.05, 0) is 66.2 Å². The van der Waals surface area contributed by atoms with Crippen LogP contribution in [0.1, 0.15) is 18.1 Å². The Morgan fingerprint density at radius 2 is 1.13 bits per heavy atom. The van der Waals surface area contributed by atoms with E-state index < -0.39 is 0 Å². The molecule has 0 aliphatic rings. The topological polar surface area (TPSA) is 73.7 Å². The van der Waals surface area contributed by atoms with Gasteiger partial charge in [0.25, 0.3) is 0 Å². The van der Waals surface area contributed by atoms with Crippen molar-refractivity contribution >= 4 is 49.2 Å². The van der Waals surface area contributed by atoms with E-state index in [2.05, 4.69) is 41.5 Å². The van der Waals surface area contributed by atoms with Crippen LogP contribution in [0.15, 0.2) is 93.9 Å². The van der Waals surface area contributed by atoms with Crippen LogP contribution in [-0.4, -0.2) is 11.1 Å². The van der Waals surface area contributed by atoms with Crippen molar-refractivity contribution in [3.8, 4) is 23.0 Å². The molecule has 4 aromatic rings. The molecular weight excluding hydrogens is 628 g/mol. The van der Waals surface area contributed by atoms with E-state index in [4.69, 9.17) is 32.5 Å². The Hall–Kier alpha value is -4.15. The van der Waals surface area contributed by atoms with E-state index in [0.717, 1.165) is 20.1 Å². The number of nitrogens with zero attached hydrogens (tertiary/aromatic N) is 2. The molecule has 0 aliphatic heterocycles. The Labute approximate surface area is 243 Å². The monoisotopic (exact) mass is 648 g/mol. The maximum Gasteiger partial charge on any atom is 0.302 e. The fraction of sp³-hybridized carbons (Fsp3) is 0.100. The number of aliphatic hydroxyl groups excluding tert-OH is 1. The summed E-state index contributed by atoms with van der Waals surface area (Å²) < 4.78 is 18.0. The van der Waals surface area contributed by atoms with Gasteiger partial charge in [-0.25, -0.2) is 9.69 Å². The van der Waals surface area contributed by atoms with Crippen molar-refractivity contribution in [3.05, 3.63) is 128 Å². The molecule has 39 heavy (non-hydrogen) atoms. The summed E-state index contributed by atoms with van der Waals surface area (Å²) in [6.07, 6.45) is 0. The Kier molecular flexibility index (Phi) is 11.1. The molecule has 0 saturated heterocycles. The molecule has 0 aromatic heterocycles. The number of halogens is 2. The van der Waals surface area contributed by atoms with Gasteiger partial charge < -0.3 is 19.3 Å². The fourth-order valence-corrected chi connectivity index (χ4v) is 3.82. The molecule has 0 radical (unpaired) electrons. The van der Waals surface area contributed by atoms with Crippen molar-refractivity contribution in [2.75, 3.05) is 0 Å². The first kappa shape index (κ1) is 29.4. The number of esters is 1. The molecule has 9 heteroatoms. The number of hydrogen-bond donors (Lipinski definition) is 1. The van der Waals surface area contributed by atoms with E-state index in [1.165, 1.54) is 6.92 Å². The standard InChI is InChI=1S/C16H12BrNO3.C14H10BrNO2/c1-11(19)20-10-12-9-15(7-8-16(12)17)21-14-5-3-13(18-2)4-6-14;1-16-11-2-4-12(5-3-11)18-13-6-7-14(15)10(8-13)9-17/h3-9H,10H2,1H3;2-8,17H,9H2. The molecule has 0 aliphatic carbocycles. The second kappa shape index (κ2) is 14.7. The normalized spacial score (nSPS) is 9.79. The lowest BCUT2D eigenvalue weighted by Gasteiger charge is -2.09. The second-order valence-corrected chi connectivity index (χ2v) is 9.57. The predicted octanol–water partition coefficient (Wildman–Crippen LogP) is 9.14. The minimum Gasteiger partial charge on any atom is -0.461 e. The highest BCUT2D eigenvalue weighted by molar-refractivity contribution is 9.10. The number of carbonyl (C=O) groups excluding carboxylic acids is 1. The van der Waals surface area contributed by atoms with Crippen molar-refractivity contribution in [1.29, 1.82) is 0 Å². The van der Waals surface area contributed by atoms with Crippen LogP contribution in [0.3, 0.4) is 0 Å². The van der Waals surface area contributed by atoms with Crippen LogP contribution in [0.2, 0.25) is 0 Å². The Balaban J connectivity index is 0.000000218. The second-order valence-electron chi connectivity index (χ2n) is 7.86. The molecule has 0 spiro atoms. The third kappa shape index (κ3) is 9.27. The number of carbonyl (C=O) groups is 1. The average Bonchev–Trinajstić information content (AvgIpc) is 2.95. The minimum atomic E-state index is -0.331. The lowest BCUT2D eigenvalue weighted by molar-refractivity contribution is -0.142. The molecule has 0 atom stereocenters. The highest BCUT2D eigenvalue weighted by Gasteiger charge is 2.06. The third-order valence-corrected chi connectivity index (χ3v) is 6.59. The summed E-state index contributed by atoms with van der Waals surface area (Å²) in [5.74, 6) is 2.26. The first-order chi connectivity index (χ1) is 18.8. The van der Waals surface area contributed by atoms with E-state index in [-0.39, 0.29) is 19.2 Å². The van der Waals surface area contributed by atoms with Crippen LogP contribution in [0.5, 0.6) is 23.0 Å². The molecule has 196 valence electrons. The smallest absolute Gasteiger partial charge is 0.302 e. The van der Waals surface area contributed by atoms with E-state index in [1.807, 2.05) is 24.3 Å². The van der Waals surface area contributed by atoms with Crippen LogP contribution in [0, 0.1) is 13.1 Å². The molecule has 0 fully saturated rings. The molecular formula is C30H22Br2N2O5. The van der Waals surface area contributed by atoms with Crippen LogP contribution in [-0.2, 0) is 22.7 Å². The zero-order valence-electron chi connectivity index (χ0n) is 20.7.